The van der Waals surface area contributed by atoms with Gasteiger partial charge in [0.25, 0.3) is 5.91 Å². The summed E-state index contributed by atoms with van der Waals surface area (Å²) in [6.45, 7) is 1.78. The zero-order valence-corrected chi connectivity index (χ0v) is 11.4. The van der Waals surface area contributed by atoms with E-state index in [0.29, 0.717) is 0 Å². The van der Waals surface area contributed by atoms with Crippen LogP contribution in [0.4, 0.5) is 0 Å². The van der Waals surface area contributed by atoms with Crippen molar-refractivity contribution in [3.8, 4) is 0 Å². The Kier molecular flexibility index (Phi) is 4.18. The van der Waals surface area contributed by atoms with E-state index in [1.807, 2.05) is 19.0 Å². The van der Waals surface area contributed by atoms with Gasteiger partial charge in [-0.25, -0.2) is 0 Å². The normalized spacial score (nSPS) is 13.8. The molecule has 1 N–H and O–H groups in total. The molecule has 1 amide bonds. The molecular weight excluding hydrogens is 232 g/mol. The molecule has 4 heteroatoms. The number of nitrogens with one attached hydrogen (secondary N) is 1. The Morgan fingerprint density at radius 1 is 1.53 bits per heavy atom. The number of fused-ring (bicyclic) bond motifs is 1. The molecule has 3 nitrogen and oxygen atoms in total. The second-order valence-electron chi connectivity index (χ2n) is 4.60. The first-order chi connectivity index (χ1) is 8.22. The fraction of sp³-hybridized carbons (Fsp3) is 0.615. The Balaban J connectivity index is 1.94. The zero-order chi connectivity index (χ0) is 12.3. The van der Waals surface area contributed by atoms with Gasteiger partial charge in [0.1, 0.15) is 0 Å². The van der Waals surface area contributed by atoms with Gasteiger partial charge in [0.2, 0.25) is 0 Å². The first-order valence-electron chi connectivity index (χ1n) is 6.24. The molecule has 0 saturated carbocycles. The average Bonchev–Trinajstić information content (AvgIpc) is 2.88. The van der Waals surface area contributed by atoms with Gasteiger partial charge in [-0.3, -0.25) is 4.79 Å². The number of amides is 1. The summed E-state index contributed by atoms with van der Waals surface area (Å²) in [6, 6.07) is 2.10. The number of hydrogen-bond acceptors (Lipinski definition) is 3. The van der Waals surface area contributed by atoms with Crippen LogP contribution in [-0.4, -0.2) is 38.0 Å². The van der Waals surface area contributed by atoms with Crippen LogP contribution < -0.4 is 5.32 Å². The van der Waals surface area contributed by atoms with Crippen LogP contribution in [0.15, 0.2) is 6.07 Å². The molecule has 1 heterocycles. The largest absolute Gasteiger partial charge is 0.341 e. The van der Waals surface area contributed by atoms with Crippen molar-refractivity contribution in [1.82, 2.24) is 10.2 Å². The van der Waals surface area contributed by atoms with E-state index in [-0.39, 0.29) is 5.91 Å². The molecule has 0 unspecified atom stereocenters. The first kappa shape index (κ1) is 12.6. The van der Waals surface area contributed by atoms with Crippen molar-refractivity contribution >= 4 is 17.2 Å². The van der Waals surface area contributed by atoms with E-state index in [9.17, 15) is 4.79 Å². The van der Waals surface area contributed by atoms with E-state index in [4.69, 9.17) is 0 Å². The minimum atomic E-state index is 0.181. The van der Waals surface area contributed by atoms with Gasteiger partial charge >= 0.3 is 0 Å². The van der Waals surface area contributed by atoms with Gasteiger partial charge in [0, 0.05) is 18.5 Å². The molecule has 1 aliphatic rings. The smallest absolute Gasteiger partial charge is 0.263 e. The molecular formula is C13H20N2OS. The van der Waals surface area contributed by atoms with Crippen molar-refractivity contribution in [2.45, 2.75) is 25.7 Å². The van der Waals surface area contributed by atoms with Gasteiger partial charge < -0.3 is 10.2 Å². The molecule has 0 aliphatic heterocycles. The number of nitrogens with zero attached hydrogens (tertiary/aromatic N) is 1. The van der Waals surface area contributed by atoms with E-state index in [0.717, 1.165) is 37.2 Å². The van der Waals surface area contributed by atoms with Crippen LogP contribution in [0.3, 0.4) is 0 Å². The zero-order valence-electron chi connectivity index (χ0n) is 10.6. The summed E-state index contributed by atoms with van der Waals surface area (Å²) in [6.07, 6.45) is 4.58. The molecule has 94 valence electrons. The Bertz CT molecular complexity index is 379. The molecule has 0 atom stereocenters. The highest BCUT2D eigenvalue weighted by molar-refractivity contribution is 7.14. The number of aryl methyl sites for hydroxylation is 2. The number of rotatable bonds is 5. The molecule has 0 spiro atoms. The lowest BCUT2D eigenvalue weighted by atomic mass is 10.2. The molecule has 0 saturated heterocycles. The average molecular weight is 252 g/mol. The number of carbonyl (C=O) groups is 1. The van der Waals surface area contributed by atoms with Gasteiger partial charge in [-0.2, -0.15) is 0 Å². The topological polar surface area (TPSA) is 32.3 Å². The third kappa shape index (κ3) is 2.87. The number of thiophene rings is 1. The van der Waals surface area contributed by atoms with E-state index in [2.05, 4.69) is 11.4 Å². The molecule has 1 aliphatic carbocycles. The molecule has 17 heavy (non-hydrogen) atoms. The Morgan fingerprint density at radius 2 is 2.35 bits per heavy atom. The number of carbonyl (C=O) groups excluding carboxylic acids is 1. The summed E-state index contributed by atoms with van der Waals surface area (Å²) in [4.78, 5) is 16.3. The van der Waals surface area contributed by atoms with E-state index in [1.165, 1.54) is 16.9 Å². The summed E-state index contributed by atoms with van der Waals surface area (Å²) in [5, 5.41) is 3.10. The second kappa shape index (κ2) is 5.65. The van der Waals surface area contributed by atoms with Crippen LogP contribution in [-0.2, 0) is 12.8 Å². The third-order valence-corrected chi connectivity index (χ3v) is 4.45. The lowest BCUT2D eigenvalue weighted by Gasteiger charge is -2.15. The number of hydrogen-bond donors (Lipinski definition) is 1. The Labute approximate surface area is 107 Å². The summed E-state index contributed by atoms with van der Waals surface area (Å²) < 4.78 is 0. The highest BCUT2D eigenvalue weighted by Gasteiger charge is 2.20. The summed E-state index contributed by atoms with van der Waals surface area (Å²) in [5.41, 5.74) is 1.40. The molecule has 2 rings (SSSR count). The van der Waals surface area contributed by atoms with E-state index >= 15 is 0 Å². The fourth-order valence-corrected chi connectivity index (χ4v) is 3.47. The van der Waals surface area contributed by atoms with Crippen LogP contribution in [0, 0.1) is 0 Å². The minimum absolute atomic E-state index is 0.181. The Morgan fingerprint density at radius 3 is 3.06 bits per heavy atom. The van der Waals surface area contributed by atoms with E-state index in [1.54, 1.807) is 11.3 Å². The van der Waals surface area contributed by atoms with Gasteiger partial charge in [0.05, 0.1) is 4.88 Å². The molecule has 1 aromatic rings. The SMILES string of the molecule is CNCCCN(C)C(=O)c1cc2c(s1)CCC2. The molecule has 1 aromatic heterocycles. The highest BCUT2D eigenvalue weighted by Crippen LogP contribution is 2.31. The maximum Gasteiger partial charge on any atom is 0.263 e. The molecule has 0 aromatic carbocycles. The van der Waals surface area contributed by atoms with Crippen molar-refractivity contribution in [1.29, 1.82) is 0 Å². The van der Waals surface area contributed by atoms with Gasteiger partial charge in [-0.05, 0) is 50.9 Å². The maximum atomic E-state index is 12.2. The monoisotopic (exact) mass is 252 g/mol. The molecule has 0 fully saturated rings. The van der Waals surface area contributed by atoms with Crippen molar-refractivity contribution in [2.24, 2.45) is 0 Å². The summed E-state index contributed by atoms with van der Waals surface area (Å²) in [5.74, 6) is 0.181. The Hall–Kier alpha value is -0.870. The van der Waals surface area contributed by atoms with Crippen molar-refractivity contribution in [2.75, 3.05) is 27.2 Å². The van der Waals surface area contributed by atoms with Crippen LogP contribution in [0.2, 0.25) is 0 Å². The lowest BCUT2D eigenvalue weighted by molar-refractivity contribution is 0.0798. The van der Waals surface area contributed by atoms with Crippen LogP contribution in [0.25, 0.3) is 0 Å². The molecule has 0 bridgehead atoms. The van der Waals surface area contributed by atoms with Crippen LogP contribution >= 0.6 is 11.3 Å². The minimum Gasteiger partial charge on any atom is -0.341 e. The fourth-order valence-electron chi connectivity index (χ4n) is 2.22. The maximum absolute atomic E-state index is 12.2. The molecule has 0 radical (unpaired) electrons. The standard InChI is InChI=1S/C13H20N2OS/c1-14-7-4-8-15(2)13(16)12-9-10-5-3-6-11(10)17-12/h9,14H,3-8H2,1-2H3. The van der Waals surface area contributed by atoms with Crippen molar-refractivity contribution < 1.29 is 4.79 Å². The first-order valence-corrected chi connectivity index (χ1v) is 7.05. The summed E-state index contributed by atoms with van der Waals surface area (Å²) in [7, 11) is 3.83. The van der Waals surface area contributed by atoms with Crippen molar-refractivity contribution in [3.05, 3.63) is 21.4 Å². The van der Waals surface area contributed by atoms with Gasteiger partial charge in [0.15, 0.2) is 0 Å². The van der Waals surface area contributed by atoms with Gasteiger partial charge in [-0.15, -0.1) is 11.3 Å². The van der Waals surface area contributed by atoms with E-state index < -0.39 is 0 Å². The second-order valence-corrected chi connectivity index (χ2v) is 5.73. The van der Waals surface area contributed by atoms with Crippen LogP contribution in [0.5, 0.6) is 0 Å². The predicted molar refractivity (Wildman–Crippen MR) is 71.8 cm³/mol. The lowest BCUT2D eigenvalue weighted by Crippen LogP contribution is -2.28. The summed E-state index contributed by atoms with van der Waals surface area (Å²) >= 11 is 1.69. The quantitative estimate of drug-likeness (QED) is 0.812. The van der Waals surface area contributed by atoms with Crippen molar-refractivity contribution in [3.63, 3.8) is 0 Å². The predicted octanol–water partition coefficient (Wildman–Crippen LogP) is 1.92. The van der Waals surface area contributed by atoms with Gasteiger partial charge in [-0.1, -0.05) is 0 Å². The third-order valence-electron chi connectivity index (χ3n) is 3.22. The van der Waals surface area contributed by atoms with Crippen LogP contribution in [0.1, 0.15) is 33.0 Å². The highest BCUT2D eigenvalue weighted by atomic mass is 32.1.